The van der Waals surface area contributed by atoms with Crippen LogP contribution in [0.3, 0.4) is 0 Å². The summed E-state index contributed by atoms with van der Waals surface area (Å²) in [5, 5.41) is 0.788. The highest BCUT2D eigenvalue weighted by molar-refractivity contribution is 7.13. The minimum atomic E-state index is -0.998. The Labute approximate surface area is 162 Å². The lowest BCUT2D eigenvalue weighted by molar-refractivity contribution is 0.0284. The van der Waals surface area contributed by atoms with Gasteiger partial charge in [0.25, 0.3) is 0 Å². The molecule has 3 rings (SSSR count). The molecule has 0 aliphatic carbocycles. The second kappa shape index (κ2) is 7.84. The Bertz CT molecular complexity index is 972. The first kappa shape index (κ1) is 19.0. The van der Waals surface area contributed by atoms with Crippen LogP contribution in [0.2, 0.25) is 0 Å². The number of Topliss-reactive ketones (excluding diaryl/α,β-unsaturated/α-hetero) is 1. The Morgan fingerprint density at radius 1 is 0.889 bits per heavy atom. The van der Waals surface area contributed by atoms with Crippen molar-refractivity contribution in [2.24, 2.45) is 0 Å². The minimum absolute atomic E-state index is 0.244. The van der Waals surface area contributed by atoms with E-state index in [2.05, 4.69) is 4.98 Å². The van der Waals surface area contributed by atoms with Gasteiger partial charge in [-0.25, -0.2) is 9.78 Å². The molecule has 3 aromatic rings. The number of rotatable bonds is 5. The molecular weight excluding hydrogens is 358 g/mol. The summed E-state index contributed by atoms with van der Waals surface area (Å²) in [7, 11) is 0. The minimum Gasteiger partial charge on any atom is -0.445 e. The first-order chi connectivity index (χ1) is 12.8. The molecule has 1 unspecified atom stereocenters. The standard InChI is InChI=1S/C22H21NO3S/c1-13-5-9-17(10-6-13)19(24)20(18-11-7-14(2)8-12-18)26-22(25)21-15(3)23-16(4)27-21/h5-12,20H,1-4H3. The molecule has 0 saturated heterocycles. The topological polar surface area (TPSA) is 56.3 Å². The van der Waals surface area contributed by atoms with Crippen molar-refractivity contribution in [2.45, 2.75) is 33.8 Å². The Balaban J connectivity index is 1.95. The zero-order valence-corrected chi connectivity index (χ0v) is 16.6. The van der Waals surface area contributed by atoms with Crippen LogP contribution in [0, 0.1) is 27.7 Å². The van der Waals surface area contributed by atoms with Gasteiger partial charge in [0.2, 0.25) is 5.78 Å². The molecule has 138 valence electrons. The third-order valence-corrected chi connectivity index (χ3v) is 5.32. The normalized spacial score (nSPS) is 11.9. The monoisotopic (exact) mass is 379 g/mol. The summed E-state index contributed by atoms with van der Waals surface area (Å²) < 4.78 is 5.69. The average Bonchev–Trinajstić information content (AvgIpc) is 2.99. The van der Waals surface area contributed by atoms with E-state index >= 15 is 0 Å². The van der Waals surface area contributed by atoms with E-state index in [1.807, 2.05) is 57.2 Å². The van der Waals surface area contributed by atoms with Crippen LogP contribution >= 0.6 is 11.3 Å². The Morgan fingerprint density at radius 3 is 1.96 bits per heavy atom. The highest BCUT2D eigenvalue weighted by atomic mass is 32.1. The Morgan fingerprint density at radius 2 is 1.44 bits per heavy atom. The molecular formula is C22H21NO3S. The van der Waals surface area contributed by atoms with Crippen molar-refractivity contribution in [1.29, 1.82) is 0 Å². The number of carbonyl (C=O) groups is 2. The van der Waals surface area contributed by atoms with E-state index in [-0.39, 0.29) is 5.78 Å². The van der Waals surface area contributed by atoms with Gasteiger partial charge in [0.05, 0.1) is 10.7 Å². The molecule has 0 bridgehead atoms. The number of hydrogen-bond acceptors (Lipinski definition) is 5. The SMILES string of the molecule is Cc1ccc(C(=O)C(OC(=O)c2sc(C)nc2C)c2ccc(C)cc2)cc1. The van der Waals surface area contributed by atoms with E-state index in [9.17, 15) is 9.59 Å². The van der Waals surface area contributed by atoms with Crippen LogP contribution in [0.25, 0.3) is 0 Å². The molecule has 0 aliphatic heterocycles. The number of hydrogen-bond donors (Lipinski definition) is 0. The largest absolute Gasteiger partial charge is 0.445 e. The number of ketones is 1. The van der Waals surface area contributed by atoms with Crippen LogP contribution in [-0.4, -0.2) is 16.7 Å². The Kier molecular flexibility index (Phi) is 5.51. The number of thiazole rings is 1. The number of carbonyl (C=O) groups excluding carboxylic acids is 2. The first-order valence-electron chi connectivity index (χ1n) is 8.67. The smallest absolute Gasteiger partial charge is 0.351 e. The molecule has 1 heterocycles. The summed E-state index contributed by atoms with van der Waals surface area (Å²) >= 11 is 1.27. The van der Waals surface area contributed by atoms with Crippen LogP contribution < -0.4 is 0 Å². The van der Waals surface area contributed by atoms with Crippen molar-refractivity contribution in [3.8, 4) is 0 Å². The van der Waals surface area contributed by atoms with E-state index in [0.29, 0.717) is 21.7 Å². The van der Waals surface area contributed by atoms with Crippen molar-refractivity contribution in [3.05, 3.63) is 86.4 Å². The number of esters is 1. The molecule has 0 radical (unpaired) electrons. The molecule has 27 heavy (non-hydrogen) atoms. The third kappa shape index (κ3) is 4.31. The maximum absolute atomic E-state index is 13.1. The van der Waals surface area contributed by atoms with Crippen LogP contribution in [0.15, 0.2) is 48.5 Å². The molecule has 5 heteroatoms. The van der Waals surface area contributed by atoms with Crippen LogP contribution in [0.1, 0.15) is 53.5 Å². The Hall–Kier alpha value is -2.79. The lowest BCUT2D eigenvalue weighted by Crippen LogP contribution is -2.20. The summed E-state index contributed by atoms with van der Waals surface area (Å²) in [6, 6.07) is 14.7. The van der Waals surface area contributed by atoms with Crippen molar-refractivity contribution in [2.75, 3.05) is 0 Å². The van der Waals surface area contributed by atoms with Crippen LogP contribution in [0.5, 0.6) is 0 Å². The van der Waals surface area contributed by atoms with Gasteiger partial charge < -0.3 is 4.74 Å². The van der Waals surface area contributed by atoms with Gasteiger partial charge in [0, 0.05) is 11.1 Å². The average molecular weight is 379 g/mol. The van der Waals surface area contributed by atoms with Crippen molar-refractivity contribution in [1.82, 2.24) is 4.98 Å². The zero-order valence-electron chi connectivity index (χ0n) is 15.8. The second-order valence-electron chi connectivity index (χ2n) is 6.57. The van der Waals surface area contributed by atoms with E-state index in [1.165, 1.54) is 11.3 Å². The van der Waals surface area contributed by atoms with Gasteiger partial charge in [0.1, 0.15) is 4.88 Å². The quantitative estimate of drug-likeness (QED) is 0.454. The number of nitrogens with zero attached hydrogens (tertiary/aromatic N) is 1. The number of benzene rings is 2. The lowest BCUT2D eigenvalue weighted by atomic mass is 9.98. The van der Waals surface area contributed by atoms with Gasteiger partial charge in [-0.15, -0.1) is 11.3 Å². The molecule has 0 fully saturated rings. The van der Waals surface area contributed by atoms with E-state index in [4.69, 9.17) is 4.74 Å². The number of ether oxygens (including phenoxy) is 1. The third-order valence-electron chi connectivity index (χ3n) is 4.27. The molecule has 4 nitrogen and oxygen atoms in total. The fourth-order valence-electron chi connectivity index (χ4n) is 2.76. The van der Waals surface area contributed by atoms with E-state index in [0.717, 1.165) is 16.1 Å². The van der Waals surface area contributed by atoms with Crippen molar-refractivity contribution in [3.63, 3.8) is 0 Å². The summed E-state index contributed by atoms with van der Waals surface area (Å²) in [5.41, 5.74) is 3.91. The van der Waals surface area contributed by atoms with Gasteiger partial charge in [-0.3, -0.25) is 4.79 Å². The fraction of sp³-hybridized carbons (Fsp3) is 0.227. The predicted molar refractivity (Wildman–Crippen MR) is 106 cm³/mol. The van der Waals surface area contributed by atoms with Crippen LogP contribution in [-0.2, 0) is 4.74 Å². The molecule has 0 N–H and O–H groups in total. The fourth-order valence-corrected chi connectivity index (χ4v) is 3.57. The summed E-state index contributed by atoms with van der Waals surface area (Å²) in [4.78, 5) is 30.5. The van der Waals surface area contributed by atoms with Crippen molar-refractivity contribution >= 4 is 23.1 Å². The van der Waals surface area contributed by atoms with Gasteiger partial charge in [-0.05, 0) is 27.7 Å². The molecule has 0 saturated carbocycles. The highest BCUT2D eigenvalue weighted by Gasteiger charge is 2.28. The van der Waals surface area contributed by atoms with E-state index in [1.54, 1.807) is 19.1 Å². The predicted octanol–water partition coefficient (Wildman–Crippen LogP) is 5.16. The maximum Gasteiger partial charge on any atom is 0.351 e. The number of aromatic nitrogens is 1. The first-order valence-corrected chi connectivity index (χ1v) is 9.49. The molecule has 1 atom stereocenters. The van der Waals surface area contributed by atoms with Gasteiger partial charge in [-0.2, -0.15) is 0 Å². The molecule has 0 spiro atoms. The summed E-state index contributed by atoms with van der Waals surface area (Å²) in [6.07, 6.45) is -0.998. The van der Waals surface area contributed by atoms with E-state index < -0.39 is 12.1 Å². The molecule has 0 amide bonds. The zero-order chi connectivity index (χ0) is 19.6. The molecule has 2 aromatic carbocycles. The van der Waals surface area contributed by atoms with Crippen molar-refractivity contribution < 1.29 is 14.3 Å². The number of aryl methyl sites for hydroxylation is 4. The summed E-state index contributed by atoms with van der Waals surface area (Å²) in [6.45, 7) is 7.53. The van der Waals surface area contributed by atoms with Gasteiger partial charge in [-0.1, -0.05) is 59.7 Å². The molecule has 1 aromatic heterocycles. The lowest BCUT2D eigenvalue weighted by Gasteiger charge is -2.17. The second-order valence-corrected chi connectivity index (χ2v) is 7.78. The van der Waals surface area contributed by atoms with Gasteiger partial charge in [0.15, 0.2) is 6.10 Å². The summed E-state index contributed by atoms with van der Waals surface area (Å²) in [5.74, 6) is -0.768. The maximum atomic E-state index is 13.1. The van der Waals surface area contributed by atoms with Gasteiger partial charge >= 0.3 is 5.97 Å². The highest BCUT2D eigenvalue weighted by Crippen LogP contribution is 2.27. The van der Waals surface area contributed by atoms with Crippen LogP contribution in [0.4, 0.5) is 0 Å². The molecule has 0 aliphatic rings.